The quantitative estimate of drug-likeness (QED) is 0.819. The fourth-order valence-electron chi connectivity index (χ4n) is 2.35. The van der Waals surface area contributed by atoms with Gasteiger partial charge in [-0.1, -0.05) is 12.1 Å². The molecule has 5 nitrogen and oxygen atoms in total. The molecular weight excluding hydrogens is 323 g/mol. The number of esters is 1. The van der Waals surface area contributed by atoms with Crippen molar-refractivity contribution in [2.45, 2.75) is 12.5 Å². The predicted molar refractivity (Wildman–Crippen MR) is 94.0 cm³/mol. The van der Waals surface area contributed by atoms with Gasteiger partial charge in [0.1, 0.15) is 5.82 Å². The molecule has 0 fully saturated rings. The molecule has 0 aliphatic carbocycles. The third-order valence-corrected chi connectivity index (χ3v) is 3.82. The molecule has 0 spiro atoms. The topological polar surface area (TPSA) is 58.6 Å². The highest BCUT2D eigenvalue weighted by molar-refractivity contribution is 5.95. The molecule has 1 atom stereocenters. The van der Waals surface area contributed by atoms with E-state index in [0.717, 1.165) is 5.69 Å². The molecule has 0 radical (unpaired) electrons. The largest absolute Gasteiger partial charge is 0.469 e. The summed E-state index contributed by atoms with van der Waals surface area (Å²) in [5, 5.41) is 2.81. The number of benzene rings is 2. The van der Waals surface area contributed by atoms with Gasteiger partial charge in [-0.05, 0) is 42.0 Å². The normalized spacial score (nSPS) is 11.5. The number of nitrogens with one attached hydrogen (secondary N) is 1. The van der Waals surface area contributed by atoms with E-state index in [1.54, 1.807) is 24.3 Å². The van der Waals surface area contributed by atoms with Crippen LogP contribution in [0.1, 0.15) is 28.4 Å². The van der Waals surface area contributed by atoms with Gasteiger partial charge in [0, 0.05) is 25.3 Å². The lowest BCUT2D eigenvalue weighted by Crippen LogP contribution is -2.30. The first-order chi connectivity index (χ1) is 11.9. The van der Waals surface area contributed by atoms with Gasteiger partial charge in [-0.15, -0.1) is 0 Å². The van der Waals surface area contributed by atoms with Gasteiger partial charge in [0.05, 0.1) is 19.6 Å². The van der Waals surface area contributed by atoms with Crippen LogP contribution in [0.15, 0.2) is 48.5 Å². The summed E-state index contributed by atoms with van der Waals surface area (Å²) in [6.07, 6.45) is -0.0380. The number of amides is 1. The SMILES string of the molecule is COC(=O)CC(NC(=O)c1ccc(N(C)C)cc1)c1ccc(F)cc1. The van der Waals surface area contributed by atoms with Gasteiger partial charge in [-0.2, -0.15) is 0 Å². The van der Waals surface area contributed by atoms with Gasteiger partial charge in [0.2, 0.25) is 0 Å². The van der Waals surface area contributed by atoms with E-state index in [1.807, 2.05) is 31.1 Å². The third kappa shape index (κ3) is 5.04. The monoisotopic (exact) mass is 344 g/mol. The van der Waals surface area contributed by atoms with Gasteiger partial charge in [0.25, 0.3) is 5.91 Å². The molecule has 1 N–H and O–H groups in total. The summed E-state index contributed by atoms with van der Waals surface area (Å²) in [6.45, 7) is 0. The molecule has 2 rings (SSSR count). The Labute approximate surface area is 146 Å². The Hall–Kier alpha value is -2.89. The van der Waals surface area contributed by atoms with Crippen LogP contribution in [0, 0.1) is 5.82 Å². The second-order valence-corrected chi connectivity index (χ2v) is 5.80. The minimum atomic E-state index is -0.603. The molecule has 132 valence electrons. The summed E-state index contributed by atoms with van der Waals surface area (Å²) < 4.78 is 17.8. The van der Waals surface area contributed by atoms with Crippen molar-refractivity contribution < 1.29 is 18.7 Å². The maximum atomic E-state index is 13.1. The number of carbonyl (C=O) groups is 2. The number of methoxy groups -OCH3 is 1. The van der Waals surface area contributed by atoms with Crippen LogP contribution in [-0.2, 0) is 9.53 Å². The zero-order valence-corrected chi connectivity index (χ0v) is 14.5. The Balaban J connectivity index is 2.18. The Morgan fingerprint density at radius 1 is 1.08 bits per heavy atom. The van der Waals surface area contributed by atoms with E-state index in [0.29, 0.717) is 11.1 Å². The highest BCUT2D eigenvalue weighted by atomic mass is 19.1. The summed E-state index contributed by atoms with van der Waals surface area (Å²) >= 11 is 0. The Morgan fingerprint density at radius 2 is 1.68 bits per heavy atom. The maximum absolute atomic E-state index is 13.1. The van der Waals surface area contributed by atoms with Gasteiger partial charge >= 0.3 is 5.97 Å². The average molecular weight is 344 g/mol. The van der Waals surface area contributed by atoms with Crippen molar-refractivity contribution in [1.82, 2.24) is 5.32 Å². The summed E-state index contributed by atoms with van der Waals surface area (Å²) in [5.74, 6) is -1.16. The van der Waals surface area contributed by atoms with Crippen molar-refractivity contribution >= 4 is 17.6 Å². The first-order valence-corrected chi connectivity index (χ1v) is 7.81. The predicted octanol–water partition coefficient (Wildman–Crippen LogP) is 2.93. The standard InChI is InChI=1S/C19H21FN2O3/c1-22(2)16-10-6-14(7-11-16)19(24)21-17(12-18(23)25-3)13-4-8-15(20)9-5-13/h4-11,17H,12H2,1-3H3,(H,21,24). The lowest BCUT2D eigenvalue weighted by molar-refractivity contribution is -0.141. The van der Waals surface area contributed by atoms with E-state index in [9.17, 15) is 14.0 Å². The molecule has 0 heterocycles. The summed E-state index contributed by atoms with van der Waals surface area (Å²) in [7, 11) is 5.11. The van der Waals surface area contributed by atoms with E-state index < -0.39 is 12.0 Å². The van der Waals surface area contributed by atoms with Gasteiger partial charge in [-0.25, -0.2) is 4.39 Å². The lowest BCUT2D eigenvalue weighted by atomic mass is 10.0. The van der Waals surface area contributed by atoms with Crippen molar-refractivity contribution in [3.05, 3.63) is 65.5 Å². The van der Waals surface area contributed by atoms with Crippen LogP contribution in [0.4, 0.5) is 10.1 Å². The number of carbonyl (C=O) groups excluding carboxylic acids is 2. The van der Waals surface area contributed by atoms with E-state index in [1.165, 1.54) is 19.2 Å². The molecule has 2 aromatic carbocycles. The van der Waals surface area contributed by atoms with Crippen LogP contribution < -0.4 is 10.2 Å². The molecule has 1 amide bonds. The number of hydrogen-bond acceptors (Lipinski definition) is 4. The minimum Gasteiger partial charge on any atom is -0.469 e. The highest BCUT2D eigenvalue weighted by Gasteiger charge is 2.20. The maximum Gasteiger partial charge on any atom is 0.307 e. The molecule has 0 bridgehead atoms. The number of anilines is 1. The van der Waals surface area contributed by atoms with Crippen molar-refractivity contribution in [2.75, 3.05) is 26.1 Å². The molecule has 25 heavy (non-hydrogen) atoms. The van der Waals surface area contributed by atoms with E-state index in [2.05, 4.69) is 10.1 Å². The van der Waals surface area contributed by atoms with Crippen LogP contribution >= 0.6 is 0 Å². The highest BCUT2D eigenvalue weighted by Crippen LogP contribution is 2.19. The summed E-state index contributed by atoms with van der Waals surface area (Å²) in [5.41, 5.74) is 2.08. The Kier molecular flexibility index (Phi) is 6.11. The second-order valence-electron chi connectivity index (χ2n) is 5.80. The van der Waals surface area contributed by atoms with Gasteiger partial charge in [0.15, 0.2) is 0 Å². The number of halogens is 1. The molecule has 0 aliphatic rings. The fraction of sp³-hybridized carbons (Fsp3) is 0.263. The third-order valence-electron chi connectivity index (χ3n) is 3.82. The molecule has 0 aromatic heterocycles. The fourth-order valence-corrected chi connectivity index (χ4v) is 2.35. The molecule has 2 aromatic rings. The van der Waals surface area contributed by atoms with Crippen molar-refractivity contribution in [1.29, 1.82) is 0 Å². The number of rotatable bonds is 6. The first kappa shape index (κ1) is 18.4. The first-order valence-electron chi connectivity index (χ1n) is 7.81. The van der Waals surface area contributed by atoms with Crippen molar-refractivity contribution in [3.63, 3.8) is 0 Å². The number of ether oxygens (including phenoxy) is 1. The van der Waals surface area contributed by atoms with Crippen LogP contribution in [0.3, 0.4) is 0 Å². The Morgan fingerprint density at radius 3 is 2.20 bits per heavy atom. The van der Waals surface area contributed by atoms with Crippen molar-refractivity contribution in [3.8, 4) is 0 Å². The van der Waals surface area contributed by atoms with E-state index in [-0.39, 0.29) is 18.1 Å². The van der Waals surface area contributed by atoms with Crippen molar-refractivity contribution in [2.24, 2.45) is 0 Å². The zero-order valence-electron chi connectivity index (χ0n) is 14.5. The van der Waals surface area contributed by atoms with Crippen LogP contribution in [0.5, 0.6) is 0 Å². The molecule has 1 unspecified atom stereocenters. The van der Waals surface area contributed by atoms with Gasteiger partial charge in [-0.3, -0.25) is 9.59 Å². The second kappa shape index (κ2) is 8.28. The molecule has 0 aliphatic heterocycles. The van der Waals surface area contributed by atoms with Gasteiger partial charge < -0.3 is 15.0 Å². The van der Waals surface area contributed by atoms with Crippen LogP contribution in [-0.4, -0.2) is 33.1 Å². The molecule has 6 heteroatoms. The lowest BCUT2D eigenvalue weighted by Gasteiger charge is -2.19. The van der Waals surface area contributed by atoms with Crippen LogP contribution in [0.2, 0.25) is 0 Å². The Bertz CT molecular complexity index is 727. The number of nitrogens with zero attached hydrogens (tertiary/aromatic N) is 1. The summed E-state index contributed by atoms with van der Waals surface area (Å²) in [6, 6.07) is 12.2. The molecular formula is C19H21FN2O3. The molecule has 0 saturated heterocycles. The van der Waals surface area contributed by atoms with Crippen LogP contribution in [0.25, 0.3) is 0 Å². The van der Waals surface area contributed by atoms with E-state index >= 15 is 0 Å². The number of hydrogen-bond donors (Lipinski definition) is 1. The molecule has 0 saturated carbocycles. The smallest absolute Gasteiger partial charge is 0.307 e. The summed E-state index contributed by atoms with van der Waals surface area (Å²) in [4.78, 5) is 26.1. The zero-order chi connectivity index (χ0) is 18.4. The average Bonchev–Trinajstić information content (AvgIpc) is 2.61. The minimum absolute atomic E-state index is 0.0380. The van der Waals surface area contributed by atoms with E-state index in [4.69, 9.17) is 0 Å².